The highest BCUT2D eigenvalue weighted by atomic mass is 32.1. The molecule has 4 aromatic carbocycles. The Hall–Kier alpha value is -4.59. The summed E-state index contributed by atoms with van der Waals surface area (Å²) < 4.78 is 4.58. The normalized spacial score (nSPS) is 15.4. The van der Waals surface area contributed by atoms with Gasteiger partial charge in [0.2, 0.25) is 0 Å². The molecule has 0 radical (unpaired) electrons. The minimum atomic E-state index is -0.964. The van der Waals surface area contributed by atoms with E-state index < -0.39 is 12.0 Å². The van der Waals surface area contributed by atoms with Crippen LogP contribution in [0, 0.1) is 0 Å². The number of nitrogens with zero attached hydrogens (tertiary/aromatic N) is 2. The van der Waals surface area contributed by atoms with Crippen LogP contribution in [0.2, 0.25) is 0 Å². The Morgan fingerprint density at radius 3 is 2.33 bits per heavy atom. The number of carboxylic acids is 1. The second-order valence-corrected chi connectivity index (χ2v) is 11.8. The molecule has 1 aliphatic heterocycles. The highest BCUT2D eigenvalue weighted by molar-refractivity contribution is 7.25. The number of hydrogen-bond donors (Lipinski definition) is 1. The van der Waals surface area contributed by atoms with Crippen LogP contribution < -0.4 is 14.9 Å². The van der Waals surface area contributed by atoms with Crippen LogP contribution in [0.1, 0.15) is 29.2 Å². The van der Waals surface area contributed by atoms with Gasteiger partial charge in [0.1, 0.15) is 0 Å². The van der Waals surface area contributed by atoms with Gasteiger partial charge in [-0.1, -0.05) is 96.3 Å². The summed E-state index contributed by atoms with van der Waals surface area (Å²) in [6.45, 7) is 0. The molecule has 0 aliphatic carbocycles. The van der Waals surface area contributed by atoms with Gasteiger partial charge in [0, 0.05) is 25.7 Å². The number of fused-ring (bicyclic) bond motifs is 4. The smallest absolute Gasteiger partial charge is 0.307 e. The van der Waals surface area contributed by atoms with Crippen molar-refractivity contribution in [3.63, 3.8) is 0 Å². The van der Waals surface area contributed by atoms with Gasteiger partial charge in [-0.2, -0.15) is 0 Å². The molecule has 0 spiro atoms. The Labute approximate surface area is 236 Å². The summed E-state index contributed by atoms with van der Waals surface area (Å²) >= 11 is 3.06. The van der Waals surface area contributed by atoms with Gasteiger partial charge < -0.3 is 5.11 Å². The topological polar surface area (TPSA) is 71.7 Å². The number of aliphatic carboxylic acids is 1. The largest absolute Gasteiger partial charge is 0.481 e. The monoisotopic (exact) mass is 558 g/mol. The minimum absolute atomic E-state index is 0.178. The van der Waals surface area contributed by atoms with Crippen LogP contribution in [0.4, 0.5) is 0 Å². The summed E-state index contributed by atoms with van der Waals surface area (Å²) in [6, 6.07) is 33.2. The zero-order valence-corrected chi connectivity index (χ0v) is 22.8. The Morgan fingerprint density at radius 1 is 0.850 bits per heavy atom. The molecule has 6 aromatic rings. The predicted octanol–water partition coefficient (Wildman–Crippen LogP) is 6.22. The van der Waals surface area contributed by atoms with E-state index >= 15 is 0 Å². The van der Waals surface area contributed by atoms with Crippen molar-refractivity contribution in [1.82, 2.24) is 4.57 Å². The van der Waals surface area contributed by atoms with Crippen molar-refractivity contribution in [2.75, 3.05) is 0 Å². The van der Waals surface area contributed by atoms with E-state index in [9.17, 15) is 14.7 Å². The summed E-state index contributed by atoms with van der Waals surface area (Å²) in [6.07, 6.45) is 1.64. The van der Waals surface area contributed by atoms with E-state index in [2.05, 4.69) is 24.3 Å². The maximum Gasteiger partial charge on any atom is 0.307 e. The standard InChI is InChI=1S/C33H22N2O3S2/c36-29(37)19-25-30(22-15-16-27-24(18-22)23-13-7-8-14-26(23)39-27)34-33-35(31(25)21-11-5-2-6-12-21)32(38)28(40-33)17-20-9-3-1-4-10-20/h1-18,31H,19H2,(H,36,37)/b28-17+. The van der Waals surface area contributed by atoms with Gasteiger partial charge in [-0.25, -0.2) is 4.99 Å². The van der Waals surface area contributed by atoms with Gasteiger partial charge in [-0.15, -0.1) is 11.3 Å². The molecular weight excluding hydrogens is 537 g/mol. The van der Waals surface area contributed by atoms with E-state index in [-0.39, 0.29) is 12.0 Å². The molecule has 0 amide bonds. The molecule has 7 rings (SSSR count). The van der Waals surface area contributed by atoms with Gasteiger partial charge in [-0.3, -0.25) is 14.2 Å². The third-order valence-corrected chi connectivity index (χ3v) is 9.28. The fourth-order valence-electron chi connectivity index (χ4n) is 5.40. The number of thiazole rings is 1. The molecule has 7 heteroatoms. The summed E-state index contributed by atoms with van der Waals surface area (Å²) in [5.74, 6) is -0.964. The number of aromatic nitrogens is 1. The van der Waals surface area contributed by atoms with E-state index in [1.54, 1.807) is 15.9 Å². The lowest BCUT2D eigenvalue weighted by atomic mass is 9.91. The molecule has 2 aromatic heterocycles. The minimum Gasteiger partial charge on any atom is -0.481 e. The van der Waals surface area contributed by atoms with E-state index in [0.717, 1.165) is 32.2 Å². The van der Waals surface area contributed by atoms with Crippen molar-refractivity contribution in [1.29, 1.82) is 0 Å². The Kier molecular flexibility index (Phi) is 6.03. The molecule has 0 saturated carbocycles. The van der Waals surface area contributed by atoms with E-state index in [1.165, 1.54) is 16.0 Å². The molecule has 194 valence electrons. The van der Waals surface area contributed by atoms with Crippen molar-refractivity contribution in [2.24, 2.45) is 4.99 Å². The Morgan fingerprint density at radius 2 is 1.55 bits per heavy atom. The molecule has 40 heavy (non-hydrogen) atoms. The Balaban J connectivity index is 1.53. The molecule has 0 saturated heterocycles. The summed E-state index contributed by atoms with van der Waals surface area (Å²) in [4.78, 5) is 31.7. The second-order valence-electron chi connectivity index (χ2n) is 9.66. The zero-order chi connectivity index (χ0) is 27.2. The first-order valence-corrected chi connectivity index (χ1v) is 14.5. The van der Waals surface area contributed by atoms with Crippen molar-refractivity contribution in [3.8, 4) is 0 Å². The number of hydrogen-bond acceptors (Lipinski definition) is 5. The summed E-state index contributed by atoms with van der Waals surface area (Å²) in [5.41, 5.74) is 3.64. The lowest BCUT2D eigenvalue weighted by molar-refractivity contribution is -0.136. The van der Waals surface area contributed by atoms with Crippen LogP contribution in [0.3, 0.4) is 0 Å². The van der Waals surface area contributed by atoms with Crippen molar-refractivity contribution in [2.45, 2.75) is 12.5 Å². The van der Waals surface area contributed by atoms with E-state index in [4.69, 9.17) is 4.99 Å². The third kappa shape index (κ3) is 4.20. The van der Waals surface area contributed by atoms with Gasteiger partial charge in [0.05, 0.1) is 22.7 Å². The highest BCUT2D eigenvalue weighted by Crippen LogP contribution is 2.39. The lowest BCUT2D eigenvalue weighted by Gasteiger charge is -2.26. The molecule has 0 bridgehead atoms. The number of thiophene rings is 1. The molecule has 1 unspecified atom stereocenters. The molecule has 5 nitrogen and oxygen atoms in total. The molecule has 1 aliphatic rings. The average molecular weight is 559 g/mol. The number of benzene rings is 4. The number of carboxylic acid groups (broad SMARTS) is 1. The van der Waals surface area contributed by atoms with Crippen LogP contribution in [0.25, 0.3) is 31.9 Å². The summed E-state index contributed by atoms with van der Waals surface area (Å²) in [7, 11) is 0. The number of rotatable bonds is 5. The van der Waals surface area contributed by atoms with Crippen molar-refractivity contribution >= 4 is 60.6 Å². The molecule has 0 fully saturated rings. The maximum absolute atomic E-state index is 13.9. The quantitative estimate of drug-likeness (QED) is 0.273. The Bertz CT molecular complexity index is 2140. The van der Waals surface area contributed by atoms with E-state index in [1.807, 2.05) is 84.9 Å². The van der Waals surface area contributed by atoms with Crippen LogP contribution >= 0.6 is 22.7 Å². The summed E-state index contributed by atoms with van der Waals surface area (Å²) in [5, 5.41) is 12.3. The van der Waals surface area contributed by atoms with Gasteiger partial charge in [-0.05, 0) is 41.0 Å². The lowest BCUT2D eigenvalue weighted by Crippen LogP contribution is -2.38. The van der Waals surface area contributed by atoms with Crippen LogP contribution in [0.15, 0.2) is 118 Å². The van der Waals surface area contributed by atoms with Gasteiger partial charge in [0.15, 0.2) is 4.80 Å². The fraction of sp³-hybridized carbons (Fsp3) is 0.0606. The second kappa shape index (κ2) is 9.86. The SMILES string of the molecule is O=C(O)CC1=C(c2ccc3sc4ccccc4c3c2)N=c2s/c(=C/c3ccccc3)c(=O)n2C1c1ccccc1. The van der Waals surface area contributed by atoms with Crippen LogP contribution in [-0.4, -0.2) is 15.6 Å². The molecular formula is C33H22N2O3S2. The molecule has 1 atom stereocenters. The third-order valence-electron chi connectivity index (χ3n) is 7.14. The predicted molar refractivity (Wildman–Crippen MR) is 162 cm³/mol. The first-order valence-electron chi connectivity index (χ1n) is 12.8. The van der Waals surface area contributed by atoms with Crippen LogP contribution in [-0.2, 0) is 4.79 Å². The molecule has 3 heterocycles. The first-order chi connectivity index (χ1) is 19.6. The maximum atomic E-state index is 13.9. The van der Waals surface area contributed by atoms with Crippen molar-refractivity contribution < 1.29 is 9.90 Å². The first kappa shape index (κ1) is 24.5. The average Bonchev–Trinajstić information content (AvgIpc) is 3.50. The van der Waals surface area contributed by atoms with Gasteiger partial charge in [0.25, 0.3) is 5.56 Å². The van der Waals surface area contributed by atoms with Crippen LogP contribution in [0.5, 0.6) is 0 Å². The van der Waals surface area contributed by atoms with E-state index in [0.29, 0.717) is 20.6 Å². The fourth-order valence-corrected chi connectivity index (χ4v) is 7.49. The van der Waals surface area contributed by atoms with Crippen molar-refractivity contribution in [3.05, 3.63) is 145 Å². The molecule has 1 N–H and O–H groups in total. The zero-order valence-electron chi connectivity index (χ0n) is 21.2. The highest BCUT2D eigenvalue weighted by Gasteiger charge is 2.31. The van der Waals surface area contributed by atoms with Gasteiger partial charge >= 0.3 is 5.97 Å². The number of carbonyl (C=O) groups is 1.